The van der Waals surface area contributed by atoms with Crippen LogP contribution in [0, 0.1) is 19.7 Å². The molecule has 0 saturated carbocycles. The SMILES string of the molecule is Cc1cc(C(=O)Nc2ccc(F)c(C)c2)nc(Cl)n1. The van der Waals surface area contributed by atoms with Crippen LogP contribution in [0.3, 0.4) is 0 Å². The van der Waals surface area contributed by atoms with Crippen LogP contribution < -0.4 is 5.32 Å². The molecule has 1 aromatic carbocycles. The van der Waals surface area contributed by atoms with Crippen molar-refractivity contribution in [2.24, 2.45) is 0 Å². The molecule has 98 valence electrons. The number of nitrogens with one attached hydrogen (secondary N) is 1. The lowest BCUT2D eigenvalue weighted by molar-refractivity contribution is 0.102. The molecule has 0 unspecified atom stereocenters. The third-order valence-electron chi connectivity index (χ3n) is 2.48. The summed E-state index contributed by atoms with van der Waals surface area (Å²) < 4.78 is 13.1. The minimum absolute atomic E-state index is 0.0143. The van der Waals surface area contributed by atoms with E-state index in [1.807, 2.05) is 0 Å². The molecule has 6 heteroatoms. The van der Waals surface area contributed by atoms with Crippen molar-refractivity contribution < 1.29 is 9.18 Å². The summed E-state index contributed by atoms with van der Waals surface area (Å²) in [5.74, 6) is -0.739. The molecule has 0 saturated heterocycles. The van der Waals surface area contributed by atoms with Crippen LogP contribution in [0.4, 0.5) is 10.1 Å². The summed E-state index contributed by atoms with van der Waals surface area (Å²) in [5, 5.41) is 2.64. The van der Waals surface area contributed by atoms with Gasteiger partial charge in [0, 0.05) is 11.4 Å². The first-order valence-corrected chi connectivity index (χ1v) is 5.92. The molecule has 1 heterocycles. The summed E-state index contributed by atoms with van der Waals surface area (Å²) in [7, 11) is 0. The number of halogens is 2. The van der Waals surface area contributed by atoms with Crippen LogP contribution in [0.25, 0.3) is 0 Å². The molecule has 0 aliphatic heterocycles. The Morgan fingerprint density at radius 3 is 2.63 bits per heavy atom. The molecule has 0 aliphatic carbocycles. The van der Waals surface area contributed by atoms with Crippen LogP contribution in [-0.4, -0.2) is 15.9 Å². The van der Waals surface area contributed by atoms with Crippen molar-refractivity contribution in [3.05, 3.63) is 52.3 Å². The van der Waals surface area contributed by atoms with Gasteiger partial charge >= 0.3 is 0 Å². The Labute approximate surface area is 114 Å². The highest BCUT2D eigenvalue weighted by molar-refractivity contribution is 6.28. The van der Waals surface area contributed by atoms with Crippen LogP contribution in [0.1, 0.15) is 21.7 Å². The van der Waals surface area contributed by atoms with Crippen molar-refractivity contribution in [1.82, 2.24) is 9.97 Å². The van der Waals surface area contributed by atoms with E-state index in [-0.39, 0.29) is 16.8 Å². The molecule has 1 amide bonds. The number of rotatable bonds is 2. The second-order valence-electron chi connectivity index (χ2n) is 4.08. The maximum absolute atomic E-state index is 13.1. The molecule has 1 aromatic heterocycles. The summed E-state index contributed by atoms with van der Waals surface area (Å²) in [4.78, 5) is 19.7. The first-order valence-electron chi connectivity index (χ1n) is 5.54. The molecule has 0 spiro atoms. The van der Waals surface area contributed by atoms with Crippen LogP contribution >= 0.6 is 11.6 Å². The molecule has 4 nitrogen and oxygen atoms in total. The Bertz CT molecular complexity index is 626. The minimum atomic E-state index is -0.418. The van der Waals surface area contributed by atoms with E-state index in [0.717, 1.165) is 0 Å². The summed E-state index contributed by atoms with van der Waals surface area (Å²) in [6, 6.07) is 5.85. The number of aromatic nitrogens is 2. The summed E-state index contributed by atoms with van der Waals surface area (Å²) in [6.07, 6.45) is 0. The van der Waals surface area contributed by atoms with Crippen LogP contribution in [0.5, 0.6) is 0 Å². The summed E-state index contributed by atoms with van der Waals surface area (Å²) >= 11 is 5.69. The number of amides is 1. The monoisotopic (exact) mass is 279 g/mol. The smallest absolute Gasteiger partial charge is 0.274 e. The van der Waals surface area contributed by atoms with Gasteiger partial charge in [0.2, 0.25) is 5.28 Å². The second kappa shape index (κ2) is 5.32. The first-order chi connectivity index (χ1) is 8.95. The zero-order valence-electron chi connectivity index (χ0n) is 10.4. The number of hydrogen-bond donors (Lipinski definition) is 1. The van der Waals surface area contributed by atoms with Gasteiger partial charge in [-0.25, -0.2) is 14.4 Å². The zero-order valence-corrected chi connectivity index (χ0v) is 11.1. The highest BCUT2D eigenvalue weighted by Gasteiger charge is 2.10. The quantitative estimate of drug-likeness (QED) is 0.859. The fourth-order valence-electron chi connectivity index (χ4n) is 1.57. The van der Waals surface area contributed by atoms with Crippen molar-refractivity contribution in [1.29, 1.82) is 0 Å². The summed E-state index contributed by atoms with van der Waals surface area (Å²) in [6.45, 7) is 3.34. The van der Waals surface area contributed by atoms with E-state index in [2.05, 4.69) is 15.3 Å². The Balaban J connectivity index is 2.22. The van der Waals surface area contributed by atoms with E-state index in [0.29, 0.717) is 16.9 Å². The predicted octanol–water partition coefficient (Wildman–Crippen LogP) is 3.14. The van der Waals surface area contributed by atoms with Crippen LogP contribution in [-0.2, 0) is 0 Å². The number of hydrogen-bond acceptors (Lipinski definition) is 3. The van der Waals surface area contributed by atoms with Crippen molar-refractivity contribution in [2.45, 2.75) is 13.8 Å². The largest absolute Gasteiger partial charge is 0.321 e. The number of carbonyl (C=O) groups excluding carboxylic acids is 1. The molecule has 0 radical (unpaired) electrons. The number of carbonyl (C=O) groups is 1. The van der Waals surface area contributed by atoms with E-state index >= 15 is 0 Å². The van der Waals surface area contributed by atoms with Gasteiger partial charge < -0.3 is 5.32 Å². The fourth-order valence-corrected chi connectivity index (χ4v) is 1.79. The second-order valence-corrected chi connectivity index (χ2v) is 4.42. The van der Waals surface area contributed by atoms with E-state index in [1.54, 1.807) is 19.9 Å². The van der Waals surface area contributed by atoms with E-state index < -0.39 is 5.91 Å². The Hall–Kier alpha value is -2.01. The predicted molar refractivity (Wildman–Crippen MR) is 70.9 cm³/mol. The van der Waals surface area contributed by atoms with Gasteiger partial charge in [-0.05, 0) is 55.3 Å². The van der Waals surface area contributed by atoms with Gasteiger partial charge in [-0.2, -0.15) is 0 Å². The molecule has 2 aromatic rings. The summed E-state index contributed by atoms with van der Waals surface area (Å²) in [5.41, 5.74) is 1.71. The molecule has 19 heavy (non-hydrogen) atoms. The fraction of sp³-hybridized carbons (Fsp3) is 0.154. The molecule has 2 rings (SSSR count). The van der Waals surface area contributed by atoms with Crippen LogP contribution in [0.2, 0.25) is 5.28 Å². The normalized spacial score (nSPS) is 10.3. The lowest BCUT2D eigenvalue weighted by atomic mass is 10.2. The molecular formula is C13H11ClFN3O. The Kier molecular flexibility index (Phi) is 3.76. The van der Waals surface area contributed by atoms with Gasteiger partial charge in [0.05, 0.1) is 0 Å². The molecule has 0 fully saturated rings. The van der Waals surface area contributed by atoms with Gasteiger partial charge in [-0.1, -0.05) is 0 Å². The Morgan fingerprint density at radius 1 is 1.26 bits per heavy atom. The van der Waals surface area contributed by atoms with Crippen molar-refractivity contribution in [2.75, 3.05) is 5.32 Å². The number of nitrogens with zero attached hydrogens (tertiary/aromatic N) is 2. The number of aryl methyl sites for hydroxylation is 2. The number of anilines is 1. The van der Waals surface area contributed by atoms with Crippen molar-refractivity contribution in [3.63, 3.8) is 0 Å². The average Bonchev–Trinajstić information content (AvgIpc) is 2.32. The average molecular weight is 280 g/mol. The van der Waals surface area contributed by atoms with Gasteiger partial charge in [0.1, 0.15) is 11.5 Å². The minimum Gasteiger partial charge on any atom is -0.321 e. The first kappa shape index (κ1) is 13.4. The molecule has 1 N–H and O–H groups in total. The van der Waals surface area contributed by atoms with Crippen molar-refractivity contribution >= 4 is 23.2 Å². The van der Waals surface area contributed by atoms with Gasteiger partial charge in [-0.3, -0.25) is 4.79 Å². The molecule has 0 aliphatic rings. The maximum atomic E-state index is 13.1. The van der Waals surface area contributed by atoms with Gasteiger partial charge in [-0.15, -0.1) is 0 Å². The molecular weight excluding hydrogens is 269 g/mol. The standard InChI is InChI=1S/C13H11ClFN3O/c1-7-5-9(3-4-10(7)15)17-12(19)11-6-8(2)16-13(14)18-11/h3-6H,1-2H3,(H,17,19). The molecule has 0 bridgehead atoms. The zero-order chi connectivity index (χ0) is 14.0. The highest BCUT2D eigenvalue weighted by Crippen LogP contribution is 2.15. The third-order valence-corrected chi connectivity index (χ3v) is 2.64. The van der Waals surface area contributed by atoms with Gasteiger partial charge in [0.25, 0.3) is 5.91 Å². The van der Waals surface area contributed by atoms with E-state index in [9.17, 15) is 9.18 Å². The highest BCUT2D eigenvalue weighted by atomic mass is 35.5. The lowest BCUT2D eigenvalue weighted by Gasteiger charge is -2.06. The van der Waals surface area contributed by atoms with E-state index in [1.165, 1.54) is 18.2 Å². The topological polar surface area (TPSA) is 54.9 Å². The Morgan fingerprint density at radius 2 is 2.00 bits per heavy atom. The maximum Gasteiger partial charge on any atom is 0.274 e. The van der Waals surface area contributed by atoms with E-state index in [4.69, 9.17) is 11.6 Å². The van der Waals surface area contributed by atoms with Gasteiger partial charge in [0.15, 0.2) is 0 Å². The van der Waals surface area contributed by atoms with Crippen molar-refractivity contribution in [3.8, 4) is 0 Å². The molecule has 0 atom stereocenters. The third kappa shape index (κ3) is 3.26. The van der Waals surface area contributed by atoms with Crippen LogP contribution in [0.15, 0.2) is 24.3 Å². The lowest BCUT2D eigenvalue weighted by Crippen LogP contribution is -2.14. The number of benzene rings is 1.